The smallest absolute Gasteiger partial charge is 0.335 e. The predicted molar refractivity (Wildman–Crippen MR) is 95.2 cm³/mol. The van der Waals surface area contributed by atoms with Crippen LogP contribution in [-0.2, 0) is 6.54 Å². The Morgan fingerprint density at radius 3 is 2.70 bits per heavy atom. The zero-order valence-corrected chi connectivity index (χ0v) is 14.4. The van der Waals surface area contributed by atoms with Crippen molar-refractivity contribution >= 4 is 17.7 Å². The molecule has 0 atom stereocenters. The van der Waals surface area contributed by atoms with E-state index in [4.69, 9.17) is 5.11 Å². The Hall–Kier alpha value is -1.04. The van der Waals surface area contributed by atoms with E-state index < -0.39 is 5.97 Å². The maximum absolute atomic E-state index is 11.1. The molecule has 5 heteroatoms. The fraction of sp³-hybridized carbons (Fsp3) is 0.611. The van der Waals surface area contributed by atoms with Gasteiger partial charge in [0.2, 0.25) is 0 Å². The molecule has 0 spiro atoms. The van der Waals surface area contributed by atoms with Crippen LogP contribution in [0.1, 0.15) is 41.6 Å². The molecule has 2 N–H and O–H groups in total. The van der Waals surface area contributed by atoms with Crippen molar-refractivity contribution in [2.45, 2.75) is 37.8 Å². The molecule has 1 heterocycles. The third kappa shape index (κ3) is 4.08. The van der Waals surface area contributed by atoms with Crippen LogP contribution >= 0.6 is 11.8 Å². The maximum atomic E-state index is 11.1. The Bertz CT molecular complexity index is 538. The number of nitrogens with one attached hydrogen (secondary N) is 1. The molecule has 0 unspecified atom stereocenters. The molecule has 1 aliphatic carbocycles. The Labute approximate surface area is 142 Å². The fourth-order valence-electron chi connectivity index (χ4n) is 3.93. The van der Waals surface area contributed by atoms with Crippen LogP contribution in [0.3, 0.4) is 0 Å². The molecule has 1 aromatic carbocycles. The van der Waals surface area contributed by atoms with Gasteiger partial charge in [0.25, 0.3) is 0 Å². The van der Waals surface area contributed by atoms with Crippen LogP contribution in [-0.4, -0.2) is 52.7 Å². The average molecular weight is 334 g/mol. The molecule has 1 aromatic rings. The van der Waals surface area contributed by atoms with E-state index in [9.17, 15) is 4.79 Å². The lowest BCUT2D eigenvalue weighted by Gasteiger charge is -2.43. The molecule has 0 bridgehead atoms. The van der Waals surface area contributed by atoms with Gasteiger partial charge in [-0.2, -0.15) is 11.8 Å². The summed E-state index contributed by atoms with van der Waals surface area (Å²) in [6.45, 7) is 4.17. The van der Waals surface area contributed by atoms with Gasteiger partial charge in [-0.15, -0.1) is 0 Å². The molecule has 3 rings (SSSR count). The Balaban J connectivity index is 1.59. The number of carboxylic acids is 1. The van der Waals surface area contributed by atoms with E-state index in [1.54, 1.807) is 12.1 Å². The lowest BCUT2D eigenvalue weighted by atomic mass is 9.94. The van der Waals surface area contributed by atoms with Gasteiger partial charge >= 0.3 is 5.97 Å². The predicted octanol–water partition coefficient (Wildman–Crippen LogP) is 2.84. The van der Waals surface area contributed by atoms with Gasteiger partial charge in [-0.1, -0.05) is 25.0 Å². The quantitative estimate of drug-likeness (QED) is 0.838. The number of thioether (sulfide) groups is 1. The van der Waals surface area contributed by atoms with Crippen molar-refractivity contribution in [2.75, 3.05) is 31.1 Å². The van der Waals surface area contributed by atoms with Crippen LogP contribution in [0.2, 0.25) is 0 Å². The van der Waals surface area contributed by atoms with Crippen molar-refractivity contribution in [3.63, 3.8) is 0 Å². The van der Waals surface area contributed by atoms with Crippen molar-refractivity contribution < 1.29 is 9.90 Å². The van der Waals surface area contributed by atoms with E-state index in [0.717, 1.165) is 18.7 Å². The van der Waals surface area contributed by atoms with Crippen LogP contribution in [0.5, 0.6) is 0 Å². The van der Waals surface area contributed by atoms with Crippen molar-refractivity contribution in [1.29, 1.82) is 0 Å². The van der Waals surface area contributed by atoms with E-state index in [1.807, 2.05) is 12.1 Å². The summed E-state index contributed by atoms with van der Waals surface area (Å²) < 4.78 is 0. The molecule has 2 fully saturated rings. The minimum Gasteiger partial charge on any atom is -0.478 e. The minimum absolute atomic E-state index is 0.325. The van der Waals surface area contributed by atoms with E-state index in [-0.39, 0.29) is 0 Å². The summed E-state index contributed by atoms with van der Waals surface area (Å²) in [6.07, 6.45) is 5.25. The van der Waals surface area contributed by atoms with Gasteiger partial charge in [0.1, 0.15) is 0 Å². The summed E-state index contributed by atoms with van der Waals surface area (Å²) >= 11 is 2.06. The first-order valence-corrected chi connectivity index (χ1v) is 9.71. The van der Waals surface area contributed by atoms with Crippen LogP contribution < -0.4 is 5.32 Å². The normalized spacial score (nSPS) is 21.4. The highest BCUT2D eigenvalue weighted by molar-refractivity contribution is 7.99. The summed E-state index contributed by atoms with van der Waals surface area (Å²) in [5.74, 6) is 1.65. The second kappa shape index (κ2) is 7.69. The molecule has 126 valence electrons. The molecule has 23 heavy (non-hydrogen) atoms. The molecule has 0 aromatic heterocycles. The van der Waals surface area contributed by atoms with Gasteiger partial charge < -0.3 is 10.4 Å². The number of carbonyl (C=O) groups is 1. The van der Waals surface area contributed by atoms with E-state index in [2.05, 4.69) is 22.0 Å². The van der Waals surface area contributed by atoms with E-state index in [1.165, 1.54) is 50.3 Å². The van der Waals surface area contributed by atoms with Crippen LogP contribution in [0, 0.1) is 0 Å². The highest BCUT2D eigenvalue weighted by atomic mass is 32.2. The van der Waals surface area contributed by atoms with E-state index in [0.29, 0.717) is 11.1 Å². The molecule has 1 saturated heterocycles. The average Bonchev–Trinajstić information content (AvgIpc) is 3.06. The molecule has 2 aliphatic rings. The molecule has 0 radical (unpaired) electrons. The summed E-state index contributed by atoms with van der Waals surface area (Å²) in [5.41, 5.74) is 1.74. The van der Waals surface area contributed by atoms with Gasteiger partial charge in [0.15, 0.2) is 0 Å². The Morgan fingerprint density at radius 1 is 1.26 bits per heavy atom. The topological polar surface area (TPSA) is 52.6 Å². The van der Waals surface area contributed by atoms with Gasteiger partial charge in [0.05, 0.1) is 5.56 Å². The van der Waals surface area contributed by atoms with Crippen LogP contribution in [0.4, 0.5) is 0 Å². The zero-order chi connectivity index (χ0) is 16.1. The zero-order valence-electron chi connectivity index (χ0n) is 13.6. The van der Waals surface area contributed by atoms with Crippen LogP contribution in [0.15, 0.2) is 24.3 Å². The highest BCUT2D eigenvalue weighted by Crippen LogP contribution is 2.36. The summed E-state index contributed by atoms with van der Waals surface area (Å²) in [5, 5.41) is 12.7. The molecule has 4 nitrogen and oxygen atoms in total. The number of nitrogens with zero attached hydrogens (tertiary/aromatic N) is 1. The molecular formula is C18H26N2O2S. The Morgan fingerprint density at radius 2 is 2.00 bits per heavy atom. The largest absolute Gasteiger partial charge is 0.478 e. The SMILES string of the molecule is O=C(O)c1cccc(CNCC2(N3CCSCC3)CCCC2)c1. The first kappa shape index (κ1) is 16.8. The lowest BCUT2D eigenvalue weighted by molar-refractivity contribution is 0.0696. The number of aromatic carboxylic acids is 1. The van der Waals surface area contributed by atoms with E-state index >= 15 is 0 Å². The van der Waals surface area contributed by atoms with Crippen molar-refractivity contribution in [3.05, 3.63) is 35.4 Å². The molecule has 1 aliphatic heterocycles. The number of carboxylic acid groups (broad SMARTS) is 1. The summed E-state index contributed by atoms with van der Waals surface area (Å²) in [4.78, 5) is 13.8. The van der Waals surface area contributed by atoms with Crippen molar-refractivity contribution in [1.82, 2.24) is 10.2 Å². The summed E-state index contributed by atoms with van der Waals surface area (Å²) in [6, 6.07) is 7.25. The van der Waals surface area contributed by atoms with Gasteiger partial charge in [-0.05, 0) is 30.5 Å². The van der Waals surface area contributed by atoms with Crippen LogP contribution in [0.25, 0.3) is 0 Å². The first-order chi connectivity index (χ1) is 11.2. The molecule has 0 amide bonds. The van der Waals surface area contributed by atoms with Gasteiger partial charge in [0, 0.05) is 43.2 Å². The first-order valence-electron chi connectivity index (χ1n) is 8.55. The molecule has 1 saturated carbocycles. The third-order valence-electron chi connectivity index (χ3n) is 5.17. The third-order valence-corrected chi connectivity index (χ3v) is 6.12. The van der Waals surface area contributed by atoms with Crippen molar-refractivity contribution in [3.8, 4) is 0 Å². The standard InChI is InChI=1S/C18H26N2O2S/c21-17(22)16-5-3-4-15(12-16)13-19-14-18(6-1-2-7-18)20-8-10-23-11-9-20/h3-5,12,19H,1-2,6-11,13-14H2,(H,21,22). The number of benzene rings is 1. The number of hydrogen-bond donors (Lipinski definition) is 2. The molecular weight excluding hydrogens is 308 g/mol. The monoisotopic (exact) mass is 334 g/mol. The lowest BCUT2D eigenvalue weighted by Crippen LogP contribution is -2.55. The Kier molecular flexibility index (Phi) is 5.62. The summed E-state index contributed by atoms with van der Waals surface area (Å²) in [7, 11) is 0. The number of hydrogen-bond acceptors (Lipinski definition) is 4. The fourth-order valence-corrected chi connectivity index (χ4v) is 4.83. The minimum atomic E-state index is -0.857. The second-order valence-electron chi connectivity index (χ2n) is 6.64. The second-order valence-corrected chi connectivity index (χ2v) is 7.86. The maximum Gasteiger partial charge on any atom is 0.335 e. The highest BCUT2D eigenvalue weighted by Gasteiger charge is 2.39. The van der Waals surface area contributed by atoms with Crippen molar-refractivity contribution in [2.24, 2.45) is 0 Å². The van der Waals surface area contributed by atoms with Gasteiger partial charge in [-0.3, -0.25) is 4.90 Å². The number of rotatable bonds is 6. The van der Waals surface area contributed by atoms with Gasteiger partial charge in [-0.25, -0.2) is 4.79 Å².